The Hall–Kier alpha value is -1.32. The number of aliphatic hydroxyl groups excluding tert-OH is 3. The Kier molecular flexibility index (Phi) is 5.77. The van der Waals surface area contributed by atoms with Crippen molar-refractivity contribution in [1.82, 2.24) is 0 Å². The lowest BCUT2D eigenvalue weighted by atomic mass is 9.47. The van der Waals surface area contributed by atoms with E-state index in [1.54, 1.807) is 0 Å². The van der Waals surface area contributed by atoms with E-state index in [0.29, 0.717) is 24.2 Å². The lowest BCUT2D eigenvalue weighted by Crippen LogP contribution is -2.63. The van der Waals surface area contributed by atoms with Crippen LogP contribution < -0.4 is 5.11 Å². The smallest absolute Gasteiger partial charge is 0.187 e. The van der Waals surface area contributed by atoms with Crippen molar-refractivity contribution in [2.75, 3.05) is 0 Å². The van der Waals surface area contributed by atoms with E-state index in [1.807, 2.05) is 6.08 Å². The summed E-state index contributed by atoms with van der Waals surface area (Å²) in [7, 11) is 0. The van der Waals surface area contributed by atoms with Crippen molar-refractivity contribution in [2.24, 2.45) is 28.6 Å². The van der Waals surface area contributed by atoms with Crippen molar-refractivity contribution >= 4 is 11.8 Å². The fourth-order valence-electron chi connectivity index (χ4n) is 8.05. The fraction of sp³-hybridized carbons (Fsp3) is 0.840. The number of fused-ring (bicyclic) bond motifs is 5. The van der Waals surface area contributed by atoms with Gasteiger partial charge in [-0.15, -0.1) is 0 Å². The van der Waals surface area contributed by atoms with Gasteiger partial charge in [0.05, 0.1) is 12.1 Å². The Morgan fingerprint density at radius 3 is 2.52 bits per heavy atom. The number of aliphatic carboxylic acids is 1. The topological polar surface area (TPSA) is 136 Å². The predicted octanol–water partition coefficient (Wildman–Crippen LogP) is 0.461. The van der Waals surface area contributed by atoms with Crippen LogP contribution in [0.2, 0.25) is 0 Å². The normalized spacial score (nSPS) is 51.8. The molecule has 0 aromatic rings. The van der Waals surface area contributed by atoms with Crippen LogP contribution in [0.4, 0.5) is 0 Å². The fourth-order valence-corrected chi connectivity index (χ4v) is 8.05. The van der Waals surface area contributed by atoms with E-state index >= 15 is 0 Å². The Balaban J connectivity index is 1.34. The molecule has 0 radical (unpaired) electrons. The molecule has 3 N–H and O–H groups in total. The van der Waals surface area contributed by atoms with Gasteiger partial charge in [-0.25, -0.2) is 0 Å². The Labute approximate surface area is 194 Å². The molecule has 11 unspecified atom stereocenters. The number of ether oxygens (including phenoxy) is 2. The summed E-state index contributed by atoms with van der Waals surface area (Å²) in [5, 5.41) is 41.8. The molecular formula is C25H35O8-. The average Bonchev–Trinajstić information content (AvgIpc) is 3.10. The number of carbonyl (C=O) groups excluding carboxylic acids is 2. The molecule has 5 aliphatic rings. The lowest BCUT2D eigenvalue weighted by Gasteiger charge is -2.58. The molecule has 1 heterocycles. The van der Waals surface area contributed by atoms with Gasteiger partial charge in [0.2, 0.25) is 0 Å². The maximum absolute atomic E-state index is 12.0. The summed E-state index contributed by atoms with van der Waals surface area (Å²) in [6.45, 7) is 4.56. The quantitative estimate of drug-likeness (QED) is 0.549. The standard InChI is InChI=1S/C25H36O8/c1-24-9-7-13(26)11-12(24)3-4-14-15-5-6-17(25(15,2)10-8-16(14)24)32-23-20(29)18(27)19(28)21(33-23)22(30)31/h11,14-21,23,27-29H,3-10H2,1-2H3,(H,30,31)/p-1. The van der Waals surface area contributed by atoms with Gasteiger partial charge in [0.25, 0.3) is 0 Å². The third-order valence-corrected chi connectivity index (χ3v) is 9.98. The van der Waals surface area contributed by atoms with Gasteiger partial charge in [-0.3, -0.25) is 4.79 Å². The van der Waals surface area contributed by atoms with Gasteiger partial charge in [0, 0.05) is 6.42 Å². The summed E-state index contributed by atoms with van der Waals surface area (Å²) in [4.78, 5) is 23.4. The van der Waals surface area contributed by atoms with E-state index in [1.165, 1.54) is 5.57 Å². The van der Waals surface area contributed by atoms with E-state index < -0.39 is 36.7 Å². The number of ketones is 1. The van der Waals surface area contributed by atoms with Crippen molar-refractivity contribution < 1.29 is 39.5 Å². The summed E-state index contributed by atoms with van der Waals surface area (Å²) in [6.07, 6.45) is 0.854. The Morgan fingerprint density at radius 2 is 1.79 bits per heavy atom. The molecule has 0 aromatic carbocycles. The zero-order chi connectivity index (χ0) is 23.7. The van der Waals surface area contributed by atoms with E-state index in [2.05, 4.69) is 13.8 Å². The molecule has 1 saturated heterocycles. The minimum atomic E-state index is -1.78. The zero-order valence-corrected chi connectivity index (χ0v) is 19.3. The molecule has 8 nitrogen and oxygen atoms in total. The number of carboxylic acids is 1. The minimum absolute atomic E-state index is 0.0851. The second kappa shape index (κ2) is 8.12. The molecule has 11 atom stereocenters. The molecule has 0 spiro atoms. The van der Waals surface area contributed by atoms with Crippen molar-refractivity contribution in [3.05, 3.63) is 11.6 Å². The minimum Gasteiger partial charge on any atom is -0.547 e. The number of carbonyl (C=O) groups is 2. The predicted molar refractivity (Wildman–Crippen MR) is 113 cm³/mol. The summed E-state index contributed by atoms with van der Waals surface area (Å²) in [6, 6.07) is 0. The Bertz CT molecular complexity index is 855. The summed E-state index contributed by atoms with van der Waals surface area (Å²) in [5.74, 6) is 0.115. The van der Waals surface area contributed by atoms with Crippen LogP contribution in [0.15, 0.2) is 11.6 Å². The number of allylic oxidation sites excluding steroid dienone is 1. The molecule has 8 heteroatoms. The molecule has 4 fully saturated rings. The highest BCUT2D eigenvalue weighted by atomic mass is 16.7. The van der Waals surface area contributed by atoms with E-state index in [-0.39, 0.29) is 22.7 Å². The first-order valence-corrected chi connectivity index (χ1v) is 12.4. The van der Waals surface area contributed by atoms with Crippen LogP contribution in [-0.4, -0.2) is 63.9 Å². The first kappa shape index (κ1) is 23.4. The van der Waals surface area contributed by atoms with Crippen LogP contribution in [0.3, 0.4) is 0 Å². The molecule has 0 amide bonds. The molecule has 1 aliphatic heterocycles. The molecule has 184 valence electrons. The molecule has 33 heavy (non-hydrogen) atoms. The zero-order valence-electron chi connectivity index (χ0n) is 19.3. The highest BCUT2D eigenvalue weighted by molar-refractivity contribution is 5.91. The second-order valence-corrected chi connectivity index (χ2v) is 11.4. The van der Waals surface area contributed by atoms with Crippen molar-refractivity contribution in [2.45, 2.75) is 102 Å². The Morgan fingerprint density at radius 1 is 1.03 bits per heavy atom. The van der Waals surface area contributed by atoms with Gasteiger partial charge < -0.3 is 34.7 Å². The number of rotatable bonds is 3. The maximum Gasteiger partial charge on any atom is 0.187 e. The monoisotopic (exact) mass is 463 g/mol. The SMILES string of the molecule is CC12CCC(=O)C=C1CCC1C2CCC2(C)C(OC3OC(C(=O)[O-])C(O)C(O)C3O)CCC12. The number of aliphatic hydroxyl groups is 3. The van der Waals surface area contributed by atoms with Crippen LogP contribution in [-0.2, 0) is 19.1 Å². The third kappa shape index (κ3) is 3.52. The van der Waals surface area contributed by atoms with Crippen LogP contribution in [0, 0.1) is 28.6 Å². The summed E-state index contributed by atoms with van der Waals surface area (Å²) in [5.41, 5.74) is 1.26. The van der Waals surface area contributed by atoms with Gasteiger partial charge in [-0.2, -0.15) is 0 Å². The molecule has 5 rings (SSSR count). The van der Waals surface area contributed by atoms with Gasteiger partial charge in [0.15, 0.2) is 12.1 Å². The first-order chi connectivity index (χ1) is 15.6. The highest BCUT2D eigenvalue weighted by Gasteiger charge is 2.60. The number of carboxylic acid groups (broad SMARTS) is 1. The third-order valence-electron chi connectivity index (χ3n) is 9.98. The number of hydrogen-bond acceptors (Lipinski definition) is 8. The van der Waals surface area contributed by atoms with Gasteiger partial charge in [-0.05, 0) is 79.6 Å². The largest absolute Gasteiger partial charge is 0.547 e. The van der Waals surface area contributed by atoms with Crippen LogP contribution in [0.1, 0.15) is 65.2 Å². The lowest BCUT2D eigenvalue weighted by molar-refractivity contribution is -0.355. The molecule has 4 aliphatic carbocycles. The van der Waals surface area contributed by atoms with Crippen LogP contribution in [0.5, 0.6) is 0 Å². The molecule has 3 saturated carbocycles. The summed E-state index contributed by atoms with van der Waals surface area (Å²) >= 11 is 0. The van der Waals surface area contributed by atoms with Crippen molar-refractivity contribution in [3.8, 4) is 0 Å². The molecular weight excluding hydrogens is 428 g/mol. The molecule has 0 bridgehead atoms. The van der Waals surface area contributed by atoms with Gasteiger partial charge >= 0.3 is 0 Å². The van der Waals surface area contributed by atoms with Crippen LogP contribution >= 0.6 is 0 Å². The highest BCUT2D eigenvalue weighted by Crippen LogP contribution is 2.65. The first-order valence-electron chi connectivity index (χ1n) is 12.4. The van der Waals surface area contributed by atoms with Crippen molar-refractivity contribution in [1.29, 1.82) is 0 Å². The second-order valence-electron chi connectivity index (χ2n) is 11.4. The summed E-state index contributed by atoms with van der Waals surface area (Å²) < 4.78 is 11.5. The van der Waals surface area contributed by atoms with Gasteiger partial charge in [0.1, 0.15) is 24.4 Å². The van der Waals surface area contributed by atoms with E-state index in [4.69, 9.17) is 9.47 Å². The maximum atomic E-state index is 12.0. The van der Waals surface area contributed by atoms with Crippen molar-refractivity contribution in [3.63, 3.8) is 0 Å². The average molecular weight is 464 g/mol. The molecule has 0 aromatic heterocycles. The van der Waals surface area contributed by atoms with E-state index in [9.17, 15) is 30.0 Å². The van der Waals surface area contributed by atoms with Gasteiger partial charge in [-0.1, -0.05) is 19.4 Å². The van der Waals surface area contributed by atoms with E-state index in [0.717, 1.165) is 44.9 Å². The van der Waals surface area contributed by atoms with Crippen LogP contribution in [0.25, 0.3) is 0 Å². The number of hydrogen-bond donors (Lipinski definition) is 3.